The summed E-state index contributed by atoms with van der Waals surface area (Å²) in [7, 11) is 0. The van der Waals surface area contributed by atoms with Gasteiger partial charge in [0.1, 0.15) is 5.58 Å². The molecule has 0 saturated carbocycles. The Bertz CT molecular complexity index is 972. The lowest BCUT2D eigenvalue weighted by Gasteiger charge is -2.26. The zero-order valence-electron chi connectivity index (χ0n) is 14.0. The first-order valence-corrected chi connectivity index (χ1v) is 9.15. The maximum atomic E-state index is 12.9. The molecule has 2 heterocycles. The molecule has 4 heteroatoms. The molecule has 4 rings (SSSR count). The molecule has 1 aliphatic rings. The summed E-state index contributed by atoms with van der Waals surface area (Å²) in [6.07, 6.45) is 3.01. The number of rotatable bonds is 2. The Labute approximate surface area is 155 Å². The van der Waals surface area contributed by atoms with Gasteiger partial charge in [0.2, 0.25) is 0 Å². The van der Waals surface area contributed by atoms with E-state index in [4.69, 9.17) is 4.42 Å². The van der Waals surface area contributed by atoms with Crippen LogP contribution in [0.15, 0.2) is 63.5 Å². The van der Waals surface area contributed by atoms with E-state index in [1.54, 1.807) is 0 Å². The van der Waals surface area contributed by atoms with Crippen LogP contribution in [0.3, 0.4) is 0 Å². The average Bonchev–Trinajstić information content (AvgIpc) is 2.98. The second-order valence-electron chi connectivity index (χ2n) is 6.29. The number of benzene rings is 2. The normalized spacial score (nSPS) is 14.6. The summed E-state index contributed by atoms with van der Waals surface area (Å²) in [4.78, 5) is 14.8. The van der Waals surface area contributed by atoms with Crippen LogP contribution in [0.2, 0.25) is 0 Å². The molecule has 0 bridgehead atoms. The molecule has 0 fully saturated rings. The van der Waals surface area contributed by atoms with E-state index in [0.717, 1.165) is 27.4 Å². The predicted molar refractivity (Wildman–Crippen MR) is 104 cm³/mol. The predicted octanol–water partition coefficient (Wildman–Crippen LogP) is 5.43. The smallest absolute Gasteiger partial charge is 0.290 e. The highest BCUT2D eigenvalue weighted by atomic mass is 79.9. The fourth-order valence-electron chi connectivity index (χ4n) is 3.31. The van der Waals surface area contributed by atoms with Gasteiger partial charge < -0.3 is 9.32 Å². The van der Waals surface area contributed by atoms with E-state index < -0.39 is 0 Å². The Morgan fingerprint density at radius 2 is 1.96 bits per heavy atom. The van der Waals surface area contributed by atoms with Gasteiger partial charge >= 0.3 is 0 Å². The minimum absolute atomic E-state index is 0.0341. The molecule has 126 valence electrons. The van der Waals surface area contributed by atoms with Gasteiger partial charge in [-0.15, -0.1) is 0 Å². The van der Waals surface area contributed by atoms with Gasteiger partial charge in [-0.05, 0) is 42.7 Å². The molecule has 0 aliphatic carbocycles. The highest BCUT2D eigenvalue weighted by Crippen LogP contribution is 2.30. The van der Waals surface area contributed by atoms with E-state index in [-0.39, 0.29) is 5.91 Å². The molecule has 2 aromatic carbocycles. The van der Waals surface area contributed by atoms with Crippen LogP contribution in [0.5, 0.6) is 0 Å². The molecule has 3 aromatic rings. The zero-order chi connectivity index (χ0) is 17.4. The van der Waals surface area contributed by atoms with Crippen molar-refractivity contribution in [3.63, 3.8) is 0 Å². The summed E-state index contributed by atoms with van der Waals surface area (Å²) < 4.78 is 6.83. The highest BCUT2D eigenvalue weighted by molar-refractivity contribution is 9.10. The van der Waals surface area contributed by atoms with Gasteiger partial charge in [-0.1, -0.05) is 52.3 Å². The number of furan rings is 1. The average molecular weight is 396 g/mol. The van der Waals surface area contributed by atoms with Crippen molar-refractivity contribution in [2.75, 3.05) is 13.1 Å². The van der Waals surface area contributed by atoms with Crippen LogP contribution >= 0.6 is 15.9 Å². The van der Waals surface area contributed by atoms with Crippen molar-refractivity contribution in [2.45, 2.75) is 13.3 Å². The number of fused-ring (bicyclic) bond motifs is 1. The first-order chi connectivity index (χ1) is 12.1. The number of nitrogens with zero attached hydrogens (tertiary/aromatic N) is 1. The number of carbonyl (C=O) groups excluding carboxylic acids is 1. The Balaban J connectivity index is 1.59. The van der Waals surface area contributed by atoms with Crippen LogP contribution in [0, 0.1) is 6.92 Å². The third-order valence-electron chi connectivity index (χ3n) is 4.73. The maximum Gasteiger partial charge on any atom is 0.290 e. The molecule has 0 N–H and O–H groups in total. The molecule has 0 atom stereocenters. The zero-order valence-corrected chi connectivity index (χ0v) is 15.5. The monoisotopic (exact) mass is 395 g/mol. The van der Waals surface area contributed by atoms with Crippen LogP contribution in [-0.2, 0) is 0 Å². The van der Waals surface area contributed by atoms with Crippen molar-refractivity contribution in [3.8, 4) is 0 Å². The van der Waals surface area contributed by atoms with Crippen molar-refractivity contribution in [2.24, 2.45) is 0 Å². The largest absolute Gasteiger partial charge is 0.451 e. The Morgan fingerprint density at radius 3 is 2.68 bits per heavy atom. The third kappa shape index (κ3) is 3.02. The fourth-order valence-corrected chi connectivity index (χ4v) is 3.67. The summed E-state index contributed by atoms with van der Waals surface area (Å²) >= 11 is 3.47. The summed E-state index contributed by atoms with van der Waals surface area (Å²) in [5.41, 5.74) is 4.19. The molecule has 25 heavy (non-hydrogen) atoms. The molecule has 1 amide bonds. The van der Waals surface area contributed by atoms with E-state index in [1.165, 1.54) is 11.1 Å². The first kappa shape index (κ1) is 16.2. The molecular weight excluding hydrogens is 378 g/mol. The van der Waals surface area contributed by atoms with Crippen LogP contribution in [-0.4, -0.2) is 23.9 Å². The van der Waals surface area contributed by atoms with E-state index in [9.17, 15) is 4.79 Å². The lowest BCUT2D eigenvalue weighted by atomic mass is 9.99. The van der Waals surface area contributed by atoms with Crippen LogP contribution < -0.4 is 0 Å². The summed E-state index contributed by atoms with van der Waals surface area (Å²) in [5.74, 6) is 0.415. The second kappa shape index (κ2) is 6.52. The SMILES string of the molecule is Cc1c(C(=O)N2CC=C(c3ccccc3)CC2)oc2ccc(Br)cc12. The van der Waals surface area contributed by atoms with Gasteiger partial charge in [-0.25, -0.2) is 0 Å². The summed E-state index contributed by atoms with van der Waals surface area (Å²) in [5, 5.41) is 0.982. The molecule has 0 radical (unpaired) electrons. The molecule has 0 spiro atoms. The van der Waals surface area contributed by atoms with Gasteiger partial charge in [0.05, 0.1) is 0 Å². The van der Waals surface area contributed by atoms with Crippen molar-refractivity contribution in [3.05, 3.63) is 76.0 Å². The van der Waals surface area contributed by atoms with Crippen molar-refractivity contribution in [1.82, 2.24) is 4.90 Å². The number of hydrogen-bond donors (Lipinski definition) is 0. The topological polar surface area (TPSA) is 33.5 Å². The number of amides is 1. The van der Waals surface area contributed by atoms with E-state index in [1.807, 2.05) is 48.2 Å². The van der Waals surface area contributed by atoms with Crippen molar-refractivity contribution in [1.29, 1.82) is 0 Å². The standard InChI is InChI=1S/C21H18BrNO2/c1-14-18-13-17(22)7-8-19(18)25-20(14)21(24)23-11-9-16(10-12-23)15-5-3-2-4-6-15/h2-9,13H,10-12H2,1H3. The first-order valence-electron chi connectivity index (χ1n) is 8.36. The van der Waals surface area contributed by atoms with Gasteiger partial charge in [0.25, 0.3) is 5.91 Å². The third-order valence-corrected chi connectivity index (χ3v) is 5.23. The lowest BCUT2D eigenvalue weighted by Crippen LogP contribution is -2.34. The Kier molecular flexibility index (Phi) is 4.22. The maximum absolute atomic E-state index is 12.9. The molecule has 0 saturated heterocycles. The van der Waals surface area contributed by atoms with Gasteiger partial charge in [0, 0.05) is 28.5 Å². The van der Waals surface area contributed by atoms with Gasteiger partial charge in [-0.2, -0.15) is 0 Å². The molecule has 1 aromatic heterocycles. The van der Waals surface area contributed by atoms with Crippen molar-refractivity contribution < 1.29 is 9.21 Å². The number of carbonyl (C=O) groups is 1. The van der Waals surface area contributed by atoms with Crippen LogP contribution in [0.1, 0.15) is 28.1 Å². The van der Waals surface area contributed by atoms with E-state index >= 15 is 0 Å². The van der Waals surface area contributed by atoms with Gasteiger partial charge in [0.15, 0.2) is 5.76 Å². The van der Waals surface area contributed by atoms with E-state index in [2.05, 4.69) is 34.1 Å². The summed E-state index contributed by atoms with van der Waals surface area (Å²) in [6, 6.07) is 16.2. The molecule has 3 nitrogen and oxygen atoms in total. The molecule has 0 unspecified atom stereocenters. The number of aryl methyl sites for hydroxylation is 1. The Morgan fingerprint density at radius 1 is 1.16 bits per heavy atom. The van der Waals surface area contributed by atoms with Crippen molar-refractivity contribution >= 4 is 38.4 Å². The Hall–Kier alpha value is -2.33. The molecule has 1 aliphatic heterocycles. The quantitative estimate of drug-likeness (QED) is 0.579. The second-order valence-corrected chi connectivity index (χ2v) is 7.21. The van der Waals surface area contributed by atoms with E-state index in [0.29, 0.717) is 18.8 Å². The minimum Gasteiger partial charge on any atom is -0.451 e. The van der Waals surface area contributed by atoms with Crippen LogP contribution in [0.4, 0.5) is 0 Å². The fraction of sp³-hybridized carbons (Fsp3) is 0.190. The highest BCUT2D eigenvalue weighted by Gasteiger charge is 2.25. The molecular formula is C21H18BrNO2. The number of hydrogen-bond acceptors (Lipinski definition) is 2. The minimum atomic E-state index is -0.0341. The summed E-state index contributed by atoms with van der Waals surface area (Å²) in [6.45, 7) is 3.27. The van der Waals surface area contributed by atoms with Gasteiger partial charge in [-0.3, -0.25) is 4.79 Å². The lowest BCUT2D eigenvalue weighted by molar-refractivity contribution is 0.0742. The number of halogens is 1. The van der Waals surface area contributed by atoms with Crippen LogP contribution in [0.25, 0.3) is 16.5 Å².